The predicted octanol–water partition coefficient (Wildman–Crippen LogP) is 1.68. The average Bonchev–Trinajstić information content (AvgIpc) is 2.53. The fraction of sp³-hybridized carbons (Fsp3) is 0.273. The van der Waals surface area contributed by atoms with Gasteiger partial charge in [0.1, 0.15) is 5.82 Å². The van der Waals surface area contributed by atoms with Gasteiger partial charge in [-0.25, -0.2) is 4.98 Å². The van der Waals surface area contributed by atoms with Crippen molar-refractivity contribution in [1.82, 2.24) is 14.8 Å². The summed E-state index contributed by atoms with van der Waals surface area (Å²) in [6.07, 6.45) is 3.63. The third kappa shape index (κ3) is 1.58. The van der Waals surface area contributed by atoms with Crippen LogP contribution in [0.2, 0.25) is 0 Å². The number of hydrogen-bond donors (Lipinski definition) is 1. The van der Waals surface area contributed by atoms with E-state index in [1.54, 1.807) is 6.20 Å². The molecule has 0 aliphatic rings. The van der Waals surface area contributed by atoms with Crippen molar-refractivity contribution in [2.75, 3.05) is 5.73 Å². The number of hydrogen-bond acceptors (Lipinski definition) is 3. The van der Waals surface area contributed by atoms with Gasteiger partial charge >= 0.3 is 0 Å². The molecule has 0 spiro atoms. The molecule has 0 aliphatic carbocycles. The van der Waals surface area contributed by atoms with Crippen molar-refractivity contribution in [3.8, 4) is 11.1 Å². The topological polar surface area (TPSA) is 56.7 Å². The van der Waals surface area contributed by atoms with Gasteiger partial charge in [0.05, 0.1) is 6.20 Å². The van der Waals surface area contributed by atoms with Gasteiger partial charge in [0, 0.05) is 30.1 Å². The minimum Gasteiger partial charge on any atom is -0.383 e. The first-order valence-corrected chi connectivity index (χ1v) is 4.80. The Morgan fingerprint density at radius 2 is 2.00 bits per heavy atom. The van der Waals surface area contributed by atoms with Crippen LogP contribution in [0.4, 0.5) is 5.82 Å². The highest BCUT2D eigenvalue weighted by Crippen LogP contribution is 2.23. The first-order chi connectivity index (χ1) is 7.09. The van der Waals surface area contributed by atoms with Crippen LogP contribution in [-0.4, -0.2) is 14.8 Å². The molecule has 0 saturated heterocycles. The summed E-state index contributed by atoms with van der Waals surface area (Å²) >= 11 is 0. The van der Waals surface area contributed by atoms with Crippen LogP contribution in [0.3, 0.4) is 0 Å². The summed E-state index contributed by atoms with van der Waals surface area (Å²) in [7, 11) is 1.93. The molecule has 4 heteroatoms. The highest BCUT2D eigenvalue weighted by atomic mass is 15.3. The Hall–Kier alpha value is -1.84. The van der Waals surface area contributed by atoms with Crippen molar-refractivity contribution >= 4 is 5.82 Å². The van der Waals surface area contributed by atoms with E-state index in [9.17, 15) is 0 Å². The van der Waals surface area contributed by atoms with E-state index in [1.807, 2.05) is 37.8 Å². The van der Waals surface area contributed by atoms with E-state index >= 15 is 0 Å². The SMILES string of the molecule is Cc1cc(-c2cnn(C)c2C)cnc1N. The van der Waals surface area contributed by atoms with E-state index in [2.05, 4.69) is 10.1 Å². The molecule has 2 heterocycles. The molecule has 0 saturated carbocycles. The molecule has 0 bridgehead atoms. The van der Waals surface area contributed by atoms with E-state index in [0.717, 1.165) is 22.4 Å². The quantitative estimate of drug-likeness (QED) is 0.765. The maximum absolute atomic E-state index is 5.68. The van der Waals surface area contributed by atoms with Gasteiger partial charge in [-0.15, -0.1) is 0 Å². The van der Waals surface area contributed by atoms with Gasteiger partial charge < -0.3 is 5.73 Å². The third-order valence-corrected chi connectivity index (χ3v) is 2.66. The van der Waals surface area contributed by atoms with Crippen LogP contribution in [-0.2, 0) is 7.05 Å². The number of pyridine rings is 1. The molecule has 2 aromatic heterocycles. The number of aromatic nitrogens is 3. The predicted molar refractivity (Wildman–Crippen MR) is 60.3 cm³/mol. The lowest BCUT2D eigenvalue weighted by atomic mass is 10.1. The highest BCUT2D eigenvalue weighted by Gasteiger charge is 2.07. The second-order valence-corrected chi connectivity index (χ2v) is 3.69. The molecule has 2 aromatic rings. The Balaban J connectivity index is 2.55. The van der Waals surface area contributed by atoms with Crippen LogP contribution in [0, 0.1) is 13.8 Å². The number of nitrogen functional groups attached to an aromatic ring is 1. The smallest absolute Gasteiger partial charge is 0.126 e. The van der Waals surface area contributed by atoms with Crippen molar-refractivity contribution in [1.29, 1.82) is 0 Å². The minimum absolute atomic E-state index is 0.584. The molecule has 2 rings (SSSR count). The van der Waals surface area contributed by atoms with Crippen LogP contribution < -0.4 is 5.73 Å². The summed E-state index contributed by atoms with van der Waals surface area (Å²) < 4.78 is 1.85. The number of anilines is 1. The van der Waals surface area contributed by atoms with Gasteiger partial charge in [0.15, 0.2) is 0 Å². The number of nitrogens with zero attached hydrogens (tertiary/aromatic N) is 3. The molecule has 2 N–H and O–H groups in total. The Kier molecular flexibility index (Phi) is 2.19. The Labute approximate surface area is 88.8 Å². The summed E-state index contributed by atoms with van der Waals surface area (Å²) in [5.74, 6) is 0.584. The number of nitrogens with two attached hydrogens (primary N) is 1. The third-order valence-electron chi connectivity index (χ3n) is 2.66. The van der Waals surface area contributed by atoms with E-state index in [-0.39, 0.29) is 0 Å². The first kappa shape index (κ1) is 9.71. The average molecular weight is 202 g/mol. The van der Waals surface area contributed by atoms with Gasteiger partial charge in [-0.3, -0.25) is 4.68 Å². The van der Waals surface area contributed by atoms with Gasteiger partial charge in [0.2, 0.25) is 0 Å². The zero-order chi connectivity index (χ0) is 11.0. The van der Waals surface area contributed by atoms with E-state index in [0.29, 0.717) is 5.82 Å². The summed E-state index contributed by atoms with van der Waals surface area (Å²) in [6, 6.07) is 2.03. The summed E-state index contributed by atoms with van der Waals surface area (Å²) in [6.45, 7) is 3.99. The van der Waals surface area contributed by atoms with E-state index < -0.39 is 0 Å². The molecule has 0 aromatic carbocycles. The van der Waals surface area contributed by atoms with Gasteiger partial charge in [-0.2, -0.15) is 5.10 Å². The molecule has 0 atom stereocenters. The number of aryl methyl sites for hydroxylation is 2. The maximum Gasteiger partial charge on any atom is 0.126 e. The summed E-state index contributed by atoms with van der Waals surface area (Å²) in [5.41, 5.74) is 9.97. The van der Waals surface area contributed by atoms with Gasteiger partial charge in [0.25, 0.3) is 0 Å². The van der Waals surface area contributed by atoms with E-state index in [1.165, 1.54) is 0 Å². The Bertz CT molecular complexity index is 499. The fourth-order valence-corrected chi connectivity index (χ4v) is 1.51. The lowest BCUT2D eigenvalue weighted by Gasteiger charge is -2.03. The van der Waals surface area contributed by atoms with Crippen LogP contribution >= 0.6 is 0 Å². The number of rotatable bonds is 1. The van der Waals surface area contributed by atoms with Crippen molar-refractivity contribution in [3.63, 3.8) is 0 Å². The molecular formula is C11H14N4. The molecular weight excluding hydrogens is 188 g/mol. The van der Waals surface area contributed by atoms with Crippen molar-refractivity contribution in [2.45, 2.75) is 13.8 Å². The van der Waals surface area contributed by atoms with Crippen molar-refractivity contribution in [2.24, 2.45) is 7.05 Å². The maximum atomic E-state index is 5.68. The molecule has 15 heavy (non-hydrogen) atoms. The van der Waals surface area contributed by atoms with Crippen LogP contribution in [0.1, 0.15) is 11.3 Å². The monoisotopic (exact) mass is 202 g/mol. The van der Waals surface area contributed by atoms with E-state index in [4.69, 9.17) is 5.73 Å². The second kappa shape index (κ2) is 3.38. The Morgan fingerprint density at radius 1 is 1.27 bits per heavy atom. The summed E-state index contributed by atoms with van der Waals surface area (Å²) in [4.78, 5) is 4.15. The fourth-order valence-electron chi connectivity index (χ4n) is 1.51. The zero-order valence-corrected chi connectivity index (χ0v) is 9.15. The molecule has 0 fully saturated rings. The van der Waals surface area contributed by atoms with Crippen LogP contribution in [0.5, 0.6) is 0 Å². The largest absolute Gasteiger partial charge is 0.383 e. The van der Waals surface area contributed by atoms with Crippen LogP contribution in [0.25, 0.3) is 11.1 Å². The molecule has 0 unspecified atom stereocenters. The lowest BCUT2D eigenvalue weighted by molar-refractivity contribution is 0.740. The zero-order valence-electron chi connectivity index (χ0n) is 9.15. The van der Waals surface area contributed by atoms with Crippen molar-refractivity contribution < 1.29 is 0 Å². The minimum atomic E-state index is 0.584. The Morgan fingerprint density at radius 3 is 2.53 bits per heavy atom. The molecule has 4 nitrogen and oxygen atoms in total. The molecule has 0 aliphatic heterocycles. The molecule has 0 radical (unpaired) electrons. The second-order valence-electron chi connectivity index (χ2n) is 3.69. The van der Waals surface area contributed by atoms with Crippen LogP contribution in [0.15, 0.2) is 18.5 Å². The lowest BCUT2D eigenvalue weighted by Crippen LogP contribution is -1.95. The standard InChI is InChI=1S/C11H14N4/c1-7-4-9(5-13-11(7)12)10-6-14-15(3)8(10)2/h4-6H,1-3H3,(H2,12,13). The normalized spacial score (nSPS) is 10.6. The molecule has 0 amide bonds. The highest BCUT2D eigenvalue weighted by molar-refractivity contribution is 5.66. The van der Waals surface area contributed by atoms with Gasteiger partial charge in [-0.1, -0.05) is 0 Å². The van der Waals surface area contributed by atoms with Gasteiger partial charge in [-0.05, 0) is 25.5 Å². The molecule has 78 valence electrons. The van der Waals surface area contributed by atoms with Crippen molar-refractivity contribution in [3.05, 3.63) is 29.7 Å². The summed E-state index contributed by atoms with van der Waals surface area (Å²) in [5, 5.41) is 4.20. The first-order valence-electron chi connectivity index (χ1n) is 4.80.